The summed E-state index contributed by atoms with van der Waals surface area (Å²) in [7, 11) is 0. The van der Waals surface area contributed by atoms with Gasteiger partial charge in [-0.1, -0.05) is 0 Å². The third-order valence-electron chi connectivity index (χ3n) is 5.47. The van der Waals surface area contributed by atoms with E-state index in [0.717, 1.165) is 57.5 Å². The highest BCUT2D eigenvalue weighted by molar-refractivity contribution is 5.95. The lowest BCUT2D eigenvalue weighted by atomic mass is 10.0. The van der Waals surface area contributed by atoms with E-state index < -0.39 is 0 Å². The van der Waals surface area contributed by atoms with E-state index in [2.05, 4.69) is 10.3 Å². The van der Waals surface area contributed by atoms with Gasteiger partial charge in [0, 0.05) is 43.7 Å². The van der Waals surface area contributed by atoms with Crippen LogP contribution < -0.4 is 5.32 Å². The van der Waals surface area contributed by atoms with Crippen molar-refractivity contribution in [1.29, 1.82) is 0 Å². The molecule has 1 aromatic rings. The Morgan fingerprint density at radius 3 is 2.78 bits per heavy atom. The Bertz CT molecular complexity index is 614. The number of amides is 3. The summed E-state index contributed by atoms with van der Waals surface area (Å²) in [5, 5.41) is 2.94. The first-order valence-electron chi connectivity index (χ1n) is 8.43. The number of nitrogens with one attached hydrogen (secondary N) is 1. The predicted octanol–water partition coefficient (Wildman–Crippen LogP) is 1.95. The van der Waals surface area contributed by atoms with Gasteiger partial charge in [0.1, 0.15) is 0 Å². The average Bonchev–Trinajstić information content (AvgIpc) is 2.94. The largest absolute Gasteiger partial charge is 0.325 e. The number of hydrogen-bond donors (Lipinski definition) is 1. The molecule has 0 radical (unpaired) electrons. The van der Waals surface area contributed by atoms with Gasteiger partial charge in [-0.3, -0.25) is 9.78 Å². The maximum Gasteiger partial charge on any atom is 0.320 e. The summed E-state index contributed by atoms with van der Waals surface area (Å²) < 4.78 is 0. The molecule has 3 fully saturated rings. The molecule has 3 heterocycles. The Kier molecular flexibility index (Phi) is 3.47. The van der Waals surface area contributed by atoms with Crippen LogP contribution in [-0.2, 0) is 4.79 Å². The van der Waals surface area contributed by atoms with Crippen LogP contribution in [0.3, 0.4) is 0 Å². The monoisotopic (exact) mass is 314 g/mol. The molecule has 0 bridgehead atoms. The molecule has 1 aliphatic carbocycles. The normalized spacial score (nSPS) is 29.1. The van der Waals surface area contributed by atoms with Gasteiger partial charge in [-0.05, 0) is 37.8 Å². The highest BCUT2D eigenvalue weighted by Gasteiger charge is 2.61. The molecule has 3 aliphatic rings. The van der Waals surface area contributed by atoms with E-state index in [4.69, 9.17) is 0 Å². The number of pyridine rings is 1. The van der Waals surface area contributed by atoms with Gasteiger partial charge in [-0.25, -0.2) is 4.79 Å². The summed E-state index contributed by atoms with van der Waals surface area (Å²) in [5.41, 5.74) is 0.754. The van der Waals surface area contributed by atoms with Gasteiger partial charge in [0.2, 0.25) is 5.91 Å². The second kappa shape index (κ2) is 5.51. The first-order chi connectivity index (χ1) is 11.2. The molecule has 0 unspecified atom stereocenters. The number of nitrogens with zero attached hydrogens (tertiary/aromatic N) is 3. The maximum absolute atomic E-state index is 12.5. The Balaban J connectivity index is 1.35. The lowest BCUT2D eigenvalue weighted by Crippen LogP contribution is -2.40. The second-order valence-corrected chi connectivity index (χ2v) is 7.00. The number of likely N-dealkylation sites (tertiary alicyclic amines) is 2. The van der Waals surface area contributed by atoms with E-state index in [1.807, 2.05) is 21.9 Å². The first-order valence-corrected chi connectivity index (χ1v) is 8.43. The molecule has 122 valence electrons. The summed E-state index contributed by atoms with van der Waals surface area (Å²) in [6.07, 6.45) is 7.40. The smallest absolute Gasteiger partial charge is 0.320 e. The predicted molar refractivity (Wildman–Crippen MR) is 85.8 cm³/mol. The third-order valence-corrected chi connectivity index (χ3v) is 5.47. The quantitative estimate of drug-likeness (QED) is 0.907. The third kappa shape index (κ3) is 2.66. The maximum atomic E-state index is 12.5. The minimum atomic E-state index is 0.0156. The number of carbonyl (C=O) groups is 2. The van der Waals surface area contributed by atoms with Crippen molar-refractivity contribution < 1.29 is 9.59 Å². The molecule has 1 N–H and O–H groups in total. The second-order valence-electron chi connectivity index (χ2n) is 7.00. The first kappa shape index (κ1) is 14.5. The van der Waals surface area contributed by atoms with Crippen molar-refractivity contribution in [1.82, 2.24) is 14.8 Å². The summed E-state index contributed by atoms with van der Waals surface area (Å²) >= 11 is 0. The van der Waals surface area contributed by atoms with Crippen LogP contribution >= 0.6 is 0 Å². The summed E-state index contributed by atoms with van der Waals surface area (Å²) in [4.78, 5) is 32.8. The van der Waals surface area contributed by atoms with E-state index in [1.165, 1.54) is 0 Å². The van der Waals surface area contributed by atoms with Crippen molar-refractivity contribution in [3.63, 3.8) is 0 Å². The fourth-order valence-corrected chi connectivity index (χ4v) is 4.00. The number of hydrogen-bond acceptors (Lipinski definition) is 3. The summed E-state index contributed by atoms with van der Waals surface area (Å²) in [5.74, 6) is 0.0903. The van der Waals surface area contributed by atoms with Crippen molar-refractivity contribution in [2.24, 2.45) is 11.3 Å². The van der Waals surface area contributed by atoms with Gasteiger partial charge >= 0.3 is 6.03 Å². The zero-order chi connectivity index (χ0) is 15.9. The molecular formula is C17H22N4O2. The lowest BCUT2D eigenvalue weighted by molar-refractivity contribution is -0.118. The summed E-state index contributed by atoms with van der Waals surface area (Å²) in [6.45, 7) is 3.28. The van der Waals surface area contributed by atoms with Crippen molar-refractivity contribution in [2.75, 3.05) is 31.5 Å². The van der Waals surface area contributed by atoms with E-state index >= 15 is 0 Å². The highest BCUT2D eigenvalue weighted by Crippen LogP contribution is 2.58. The van der Waals surface area contributed by atoms with Crippen LogP contribution in [0.25, 0.3) is 0 Å². The number of rotatable bonds is 2. The standard InChI is InChI=1S/C17H22N4O2/c22-15(19-13-4-3-6-18-11-13)14-10-17(14)5-9-21(12-17)16(23)20-7-1-2-8-20/h3-4,6,11,14H,1-2,5,7-10,12H2,(H,19,22)/t14-,17+/m0/s1. The zero-order valence-corrected chi connectivity index (χ0v) is 13.2. The van der Waals surface area contributed by atoms with Gasteiger partial charge in [0.05, 0.1) is 11.9 Å². The van der Waals surface area contributed by atoms with Crippen LogP contribution in [-0.4, -0.2) is 52.9 Å². The fourth-order valence-electron chi connectivity index (χ4n) is 4.00. The molecule has 2 saturated heterocycles. The highest BCUT2D eigenvalue weighted by atomic mass is 16.2. The van der Waals surface area contributed by atoms with Crippen LogP contribution in [0.15, 0.2) is 24.5 Å². The number of urea groups is 1. The van der Waals surface area contributed by atoms with E-state index in [9.17, 15) is 9.59 Å². The molecule has 2 aliphatic heterocycles. The number of anilines is 1. The Morgan fingerprint density at radius 1 is 1.22 bits per heavy atom. The molecule has 23 heavy (non-hydrogen) atoms. The van der Waals surface area contributed by atoms with Crippen molar-refractivity contribution in [2.45, 2.75) is 25.7 Å². The average molecular weight is 314 g/mol. The zero-order valence-electron chi connectivity index (χ0n) is 13.2. The minimum absolute atomic E-state index is 0.0156. The molecule has 2 atom stereocenters. The van der Waals surface area contributed by atoms with Crippen molar-refractivity contribution >= 4 is 17.6 Å². The van der Waals surface area contributed by atoms with Gasteiger partial charge in [0.15, 0.2) is 0 Å². The number of aromatic nitrogens is 1. The van der Waals surface area contributed by atoms with Crippen LogP contribution in [0.4, 0.5) is 10.5 Å². The molecular weight excluding hydrogens is 292 g/mol. The van der Waals surface area contributed by atoms with Crippen LogP contribution in [0.1, 0.15) is 25.7 Å². The molecule has 1 aromatic heterocycles. The minimum Gasteiger partial charge on any atom is -0.325 e. The topological polar surface area (TPSA) is 65.5 Å². The van der Waals surface area contributed by atoms with Gasteiger partial charge < -0.3 is 15.1 Å². The van der Waals surface area contributed by atoms with E-state index in [0.29, 0.717) is 0 Å². The van der Waals surface area contributed by atoms with Gasteiger partial charge in [0.25, 0.3) is 0 Å². The lowest BCUT2D eigenvalue weighted by Gasteiger charge is -2.24. The Labute approximate surface area is 135 Å². The number of carbonyl (C=O) groups excluding carboxylic acids is 2. The van der Waals surface area contributed by atoms with Crippen LogP contribution in [0, 0.1) is 11.3 Å². The SMILES string of the molecule is O=C(Nc1cccnc1)[C@@H]1C[C@@]12CCN(C(=O)N1CCCC1)C2. The molecule has 3 amide bonds. The molecule has 1 saturated carbocycles. The molecule has 4 rings (SSSR count). The van der Waals surface area contributed by atoms with Crippen molar-refractivity contribution in [3.8, 4) is 0 Å². The van der Waals surface area contributed by atoms with E-state index in [1.54, 1.807) is 12.4 Å². The molecule has 6 heteroatoms. The van der Waals surface area contributed by atoms with Crippen LogP contribution in [0.2, 0.25) is 0 Å². The Hall–Kier alpha value is -2.11. The molecule has 1 spiro atoms. The van der Waals surface area contributed by atoms with Gasteiger partial charge in [-0.15, -0.1) is 0 Å². The van der Waals surface area contributed by atoms with E-state index in [-0.39, 0.29) is 23.3 Å². The molecule has 0 aromatic carbocycles. The van der Waals surface area contributed by atoms with Gasteiger partial charge in [-0.2, -0.15) is 0 Å². The van der Waals surface area contributed by atoms with Crippen LogP contribution in [0.5, 0.6) is 0 Å². The molecule has 6 nitrogen and oxygen atoms in total. The van der Waals surface area contributed by atoms with Crippen molar-refractivity contribution in [3.05, 3.63) is 24.5 Å². The summed E-state index contributed by atoms with van der Waals surface area (Å²) in [6, 6.07) is 3.82. The Morgan fingerprint density at radius 2 is 2.04 bits per heavy atom. The fraction of sp³-hybridized carbons (Fsp3) is 0.588.